The molecule has 0 atom stereocenters. The van der Waals surface area contributed by atoms with Crippen LogP contribution in [-0.2, 0) is 0 Å². The third-order valence-corrected chi connectivity index (χ3v) is 3.20. The Hall–Kier alpha value is -2.67. The highest BCUT2D eigenvalue weighted by molar-refractivity contribution is 6.32. The number of hydrogen-bond acceptors (Lipinski definition) is 4. The van der Waals surface area contributed by atoms with Gasteiger partial charge in [-0.15, -0.1) is 0 Å². The van der Waals surface area contributed by atoms with Crippen molar-refractivity contribution in [1.29, 1.82) is 0 Å². The molecule has 8 heteroatoms. The van der Waals surface area contributed by atoms with E-state index in [1.807, 2.05) is 0 Å². The van der Waals surface area contributed by atoms with Crippen LogP contribution in [0.1, 0.15) is 0 Å². The molecular formula is C14H13ClN4O3. The molecule has 0 fully saturated rings. The third kappa shape index (κ3) is 3.15. The van der Waals surface area contributed by atoms with Crippen molar-refractivity contribution in [3.8, 4) is 0 Å². The van der Waals surface area contributed by atoms with Crippen molar-refractivity contribution >= 4 is 34.7 Å². The molecule has 0 unspecified atom stereocenters. The first-order chi connectivity index (χ1) is 10.4. The number of urea groups is 1. The number of rotatable bonds is 3. The van der Waals surface area contributed by atoms with Gasteiger partial charge in [-0.2, -0.15) is 0 Å². The topological polar surface area (TPSA) is 79.6 Å². The van der Waals surface area contributed by atoms with Gasteiger partial charge in [0.2, 0.25) is 0 Å². The lowest BCUT2D eigenvalue weighted by Crippen LogP contribution is -2.36. The molecule has 1 aromatic carbocycles. The molecular weight excluding hydrogens is 308 g/mol. The third-order valence-electron chi connectivity index (χ3n) is 2.88. The number of nitro benzene ring substituents is 1. The number of halogens is 1. The van der Waals surface area contributed by atoms with Crippen molar-refractivity contribution < 1.29 is 9.72 Å². The first-order valence-corrected chi connectivity index (χ1v) is 6.65. The second-order valence-corrected chi connectivity index (χ2v) is 5.02. The normalized spacial score (nSPS) is 10.1. The fraction of sp³-hybridized carbons (Fsp3) is 0.143. The molecule has 1 heterocycles. The van der Waals surface area contributed by atoms with Crippen LogP contribution in [0.3, 0.4) is 0 Å². The van der Waals surface area contributed by atoms with Crippen LogP contribution in [0, 0.1) is 10.1 Å². The zero-order valence-corrected chi connectivity index (χ0v) is 12.7. The monoisotopic (exact) mass is 320 g/mol. The molecule has 0 aliphatic carbocycles. The molecule has 1 aromatic heterocycles. The van der Waals surface area contributed by atoms with Gasteiger partial charge in [-0.1, -0.05) is 11.6 Å². The second-order valence-electron chi connectivity index (χ2n) is 4.61. The molecule has 0 aliphatic heterocycles. The first kappa shape index (κ1) is 15.7. The Kier molecular flexibility index (Phi) is 4.57. The number of amides is 2. The number of aromatic nitrogens is 1. The van der Waals surface area contributed by atoms with Gasteiger partial charge in [-0.05, 0) is 24.3 Å². The zero-order chi connectivity index (χ0) is 16.3. The highest BCUT2D eigenvalue weighted by Crippen LogP contribution is 2.33. The SMILES string of the molecule is CN(C)C(=O)N(c1ccncc1)c1ccc(Cl)c([N+](=O)[O-])c1. The number of benzene rings is 1. The lowest BCUT2D eigenvalue weighted by molar-refractivity contribution is -0.384. The lowest BCUT2D eigenvalue weighted by Gasteiger charge is -2.26. The fourth-order valence-electron chi connectivity index (χ4n) is 1.84. The smallest absolute Gasteiger partial charge is 0.328 e. The van der Waals surface area contributed by atoms with E-state index in [-0.39, 0.29) is 16.7 Å². The van der Waals surface area contributed by atoms with Gasteiger partial charge in [0.15, 0.2) is 0 Å². The minimum absolute atomic E-state index is 0.0146. The minimum atomic E-state index is -0.587. The largest absolute Gasteiger partial charge is 0.330 e. The number of carbonyl (C=O) groups excluding carboxylic acids is 1. The molecule has 2 rings (SSSR count). The van der Waals surface area contributed by atoms with Crippen LogP contribution >= 0.6 is 11.6 Å². The van der Waals surface area contributed by atoms with E-state index in [0.29, 0.717) is 11.4 Å². The average molecular weight is 321 g/mol. The van der Waals surface area contributed by atoms with Crippen molar-refractivity contribution in [1.82, 2.24) is 9.88 Å². The molecule has 0 radical (unpaired) electrons. The van der Waals surface area contributed by atoms with Crippen LogP contribution in [0.15, 0.2) is 42.7 Å². The summed E-state index contributed by atoms with van der Waals surface area (Å²) in [5.41, 5.74) is 0.635. The quantitative estimate of drug-likeness (QED) is 0.640. The predicted molar refractivity (Wildman–Crippen MR) is 83.6 cm³/mol. The van der Waals surface area contributed by atoms with Crippen LogP contribution in [0.2, 0.25) is 5.02 Å². The van der Waals surface area contributed by atoms with Crippen LogP contribution in [0.4, 0.5) is 21.9 Å². The zero-order valence-electron chi connectivity index (χ0n) is 11.9. The molecule has 2 aromatic rings. The number of pyridine rings is 1. The predicted octanol–water partition coefficient (Wildman–Crippen LogP) is 3.46. The number of anilines is 2. The van der Waals surface area contributed by atoms with Crippen molar-refractivity contribution in [2.75, 3.05) is 19.0 Å². The maximum atomic E-state index is 12.4. The molecule has 0 spiro atoms. The van der Waals surface area contributed by atoms with E-state index >= 15 is 0 Å². The van der Waals surface area contributed by atoms with Gasteiger partial charge < -0.3 is 4.90 Å². The van der Waals surface area contributed by atoms with Gasteiger partial charge in [0, 0.05) is 32.6 Å². The second kappa shape index (κ2) is 6.40. The Morgan fingerprint density at radius 2 is 1.82 bits per heavy atom. The van der Waals surface area contributed by atoms with E-state index in [1.54, 1.807) is 32.3 Å². The number of nitrogens with zero attached hydrogens (tertiary/aromatic N) is 4. The molecule has 0 N–H and O–H groups in total. The Morgan fingerprint density at radius 1 is 1.18 bits per heavy atom. The van der Waals surface area contributed by atoms with Crippen molar-refractivity contribution in [2.24, 2.45) is 0 Å². The molecule has 0 aliphatic rings. The summed E-state index contributed by atoms with van der Waals surface area (Å²) in [6.45, 7) is 0. The first-order valence-electron chi connectivity index (χ1n) is 6.27. The highest BCUT2D eigenvalue weighted by Gasteiger charge is 2.23. The van der Waals surface area contributed by atoms with E-state index < -0.39 is 4.92 Å². The molecule has 0 saturated heterocycles. The maximum absolute atomic E-state index is 12.4. The summed E-state index contributed by atoms with van der Waals surface area (Å²) in [5, 5.41) is 11.0. The summed E-state index contributed by atoms with van der Waals surface area (Å²) in [6.07, 6.45) is 3.07. The standard InChI is InChI=1S/C14H13ClN4O3/c1-17(2)14(20)18(10-5-7-16-8-6-10)11-3-4-12(15)13(9-11)19(21)22/h3-9H,1-2H3. The lowest BCUT2D eigenvalue weighted by atomic mass is 10.2. The Balaban J connectivity index is 2.57. The van der Waals surface area contributed by atoms with Gasteiger partial charge in [0.25, 0.3) is 5.69 Å². The average Bonchev–Trinajstić information content (AvgIpc) is 2.49. The Labute approximate surface area is 131 Å². The molecule has 7 nitrogen and oxygen atoms in total. The van der Waals surface area contributed by atoms with Gasteiger partial charge >= 0.3 is 6.03 Å². The van der Waals surface area contributed by atoms with E-state index in [9.17, 15) is 14.9 Å². The molecule has 114 valence electrons. The summed E-state index contributed by atoms with van der Waals surface area (Å²) >= 11 is 5.82. The number of hydrogen-bond donors (Lipinski definition) is 0. The molecule has 0 saturated carbocycles. The van der Waals surface area contributed by atoms with Crippen LogP contribution in [-0.4, -0.2) is 34.9 Å². The summed E-state index contributed by atoms with van der Waals surface area (Å²) < 4.78 is 0. The molecule has 0 bridgehead atoms. The summed E-state index contributed by atoms with van der Waals surface area (Å²) in [5.74, 6) is 0. The summed E-state index contributed by atoms with van der Waals surface area (Å²) in [4.78, 5) is 29.5. The maximum Gasteiger partial charge on any atom is 0.328 e. The summed E-state index contributed by atoms with van der Waals surface area (Å²) in [7, 11) is 3.20. The van der Waals surface area contributed by atoms with Gasteiger partial charge in [-0.25, -0.2) is 4.79 Å². The van der Waals surface area contributed by atoms with Crippen molar-refractivity contribution in [3.05, 3.63) is 57.9 Å². The van der Waals surface area contributed by atoms with Gasteiger partial charge in [-0.3, -0.25) is 20.0 Å². The van der Waals surface area contributed by atoms with E-state index in [1.165, 1.54) is 34.3 Å². The highest BCUT2D eigenvalue weighted by atomic mass is 35.5. The van der Waals surface area contributed by atoms with Gasteiger partial charge in [0.1, 0.15) is 5.02 Å². The van der Waals surface area contributed by atoms with Crippen LogP contribution in [0.5, 0.6) is 0 Å². The Morgan fingerprint density at radius 3 is 2.36 bits per heavy atom. The van der Waals surface area contributed by atoms with Crippen LogP contribution < -0.4 is 4.90 Å². The van der Waals surface area contributed by atoms with Crippen molar-refractivity contribution in [2.45, 2.75) is 0 Å². The van der Waals surface area contributed by atoms with Crippen LogP contribution in [0.25, 0.3) is 0 Å². The van der Waals surface area contributed by atoms with E-state index in [2.05, 4.69) is 4.98 Å². The number of nitro groups is 1. The van der Waals surface area contributed by atoms with E-state index in [4.69, 9.17) is 11.6 Å². The molecule has 22 heavy (non-hydrogen) atoms. The fourth-order valence-corrected chi connectivity index (χ4v) is 2.03. The van der Waals surface area contributed by atoms with E-state index in [0.717, 1.165) is 0 Å². The Bertz CT molecular complexity index is 706. The minimum Gasteiger partial charge on any atom is -0.330 e. The van der Waals surface area contributed by atoms with Crippen molar-refractivity contribution in [3.63, 3.8) is 0 Å². The van der Waals surface area contributed by atoms with Gasteiger partial charge in [0.05, 0.1) is 16.3 Å². The number of carbonyl (C=O) groups is 1. The summed E-state index contributed by atoms with van der Waals surface area (Å²) in [6, 6.07) is 7.15. The molecule has 2 amide bonds.